The van der Waals surface area contributed by atoms with Crippen molar-refractivity contribution in [3.05, 3.63) is 18.0 Å². The summed E-state index contributed by atoms with van der Waals surface area (Å²) in [6.45, 7) is 9.63. The maximum absolute atomic E-state index is 10.6. The number of aliphatic carboxylic acids is 2. The van der Waals surface area contributed by atoms with Crippen LogP contribution in [0.15, 0.2) is 12.4 Å². The van der Waals surface area contributed by atoms with Gasteiger partial charge >= 0.3 is 24.3 Å². The number of aromatic nitrogens is 2. The maximum Gasteiger partial charge on any atom is 0.490 e. The van der Waals surface area contributed by atoms with Gasteiger partial charge in [-0.25, -0.2) is 9.59 Å². The van der Waals surface area contributed by atoms with E-state index < -0.39 is 24.3 Å². The molecule has 0 bridgehead atoms. The molecule has 0 unspecified atom stereocenters. The molecule has 0 aliphatic carbocycles. The molecule has 0 aromatic carbocycles. The first kappa shape index (κ1) is 30.6. The normalized spacial score (nSPS) is 22.3. The molecular formula is C20H30F6N4O5. The highest BCUT2D eigenvalue weighted by atomic mass is 19.4. The van der Waals surface area contributed by atoms with E-state index in [4.69, 9.17) is 24.5 Å². The molecule has 2 aliphatic rings. The summed E-state index contributed by atoms with van der Waals surface area (Å²) in [7, 11) is 4.31. The second-order valence-electron chi connectivity index (χ2n) is 8.78. The summed E-state index contributed by atoms with van der Waals surface area (Å²) in [6.07, 6.45) is -5.54. The molecule has 2 aliphatic heterocycles. The van der Waals surface area contributed by atoms with E-state index in [9.17, 15) is 26.3 Å². The average molecular weight is 520 g/mol. The third kappa shape index (κ3) is 10.4. The largest absolute Gasteiger partial charge is 0.490 e. The van der Waals surface area contributed by atoms with E-state index >= 15 is 0 Å². The molecule has 0 amide bonds. The highest BCUT2D eigenvalue weighted by Crippen LogP contribution is 2.34. The van der Waals surface area contributed by atoms with Gasteiger partial charge in [-0.15, -0.1) is 0 Å². The number of hydrogen-bond donors (Lipinski definition) is 2. The molecule has 2 N–H and O–H groups in total. The lowest BCUT2D eigenvalue weighted by Gasteiger charge is -2.21. The van der Waals surface area contributed by atoms with Crippen LogP contribution in [0.3, 0.4) is 0 Å². The fourth-order valence-electron chi connectivity index (χ4n) is 3.67. The van der Waals surface area contributed by atoms with Crippen molar-refractivity contribution in [2.24, 2.45) is 11.8 Å². The lowest BCUT2D eigenvalue weighted by atomic mass is 9.93. The summed E-state index contributed by atoms with van der Waals surface area (Å²) in [6, 6.07) is 0.435. The van der Waals surface area contributed by atoms with Gasteiger partial charge < -0.3 is 19.8 Å². The lowest BCUT2D eigenvalue weighted by molar-refractivity contribution is -0.193. The number of alkyl halides is 6. The Labute approximate surface area is 198 Å². The fraction of sp³-hybridized carbons (Fsp3) is 0.750. The molecule has 1 aromatic heterocycles. The number of hydrogen-bond acceptors (Lipinski definition) is 6. The number of carbonyl (C=O) groups is 2. The molecule has 0 spiro atoms. The topological polar surface area (TPSA) is 108 Å². The van der Waals surface area contributed by atoms with Crippen LogP contribution in [0, 0.1) is 11.8 Å². The minimum atomic E-state index is -5.08. The summed E-state index contributed by atoms with van der Waals surface area (Å²) in [4.78, 5) is 22.6. The molecule has 3 heterocycles. The first-order valence-electron chi connectivity index (χ1n) is 10.5. The van der Waals surface area contributed by atoms with E-state index in [-0.39, 0.29) is 0 Å². The Balaban J connectivity index is 0.000000362. The number of fused-ring (bicyclic) bond motifs is 1. The fourth-order valence-corrected chi connectivity index (χ4v) is 3.67. The van der Waals surface area contributed by atoms with E-state index in [0.29, 0.717) is 24.0 Å². The standard InChI is InChI=1S/C16H28N4O.2C2HF3O2/c1-12(2)20-7-13(5-17-20)6-19-9-15-14(8-18(3)4)11-21-16(15)10-19;2*3-2(4,5)1(6)7/h5,7,12,14-16H,6,8-11H2,1-4H3;2*(H,6,7)/t14-,15-,16-;;/m1../s1. The number of nitrogens with zero attached hydrogens (tertiary/aromatic N) is 4. The zero-order valence-corrected chi connectivity index (χ0v) is 19.7. The maximum atomic E-state index is 10.6. The van der Waals surface area contributed by atoms with Gasteiger partial charge in [-0.05, 0) is 27.9 Å². The van der Waals surface area contributed by atoms with Gasteiger partial charge in [0.05, 0.1) is 18.9 Å². The van der Waals surface area contributed by atoms with Crippen molar-refractivity contribution in [3.63, 3.8) is 0 Å². The molecular weight excluding hydrogens is 490 g/mol. The molecule has 15 heteroatoms. The average Bonchev–Trinajstić information content (AvgIpc) is 3.39. The monoisotopic (exact) mass is 520 g/mol. The third-order valence-corrected chi connectivity index (χ3v) is 5.19. The first-order valence-corrected chi connectivity index (χ1v) is 10.5. The third-order valence-electron chi connectivity index (χ3n) is 5.19. The Kier molecular flexibility index (Phi) is 11.0. The van der Waals surface area contributed by atoms with Crippen LogP contribution in [-0.4, -0.2) is 101 Å². The molecule has 35 heavy (non-hydrogen) atoms. The van der Waals surface area contributed by atoms with Crippen LogP contribution in [0.4, 0.5) is 26.3 Å². The Morgan fingerprint density at radius 3 is 2.03 bits per heavy atom. The van der Waals surface area contributed by atoms with Gasteiger partial charge in [0.15, 0.2) is 0 Å². The predicted octanol–water partition coefficient (Wildman–Crippen LogP) is 2.74. The van der Waals surface area contributed by atoms with Crippen LogP contribution < -0.4 is 0 Å². The van der Waals surface area contributed by atoms with E-state index in [0.717, 1.165) is 32.8 Å². The molecule has 202 valence electrons. The highest BCUT2D eigenvalue weighted by Gasteiger charge is 2.43. The quantitative estimate of drug-likeness (QED) is 0.571. The number of halogens is 6. The van der Waals surface area contributed by atoms with Crippen molar-refractivity contribution in [2.75, 3.05) is 40.3 Å². The Bertz CT molecular complexity index is 804. The molecule has 3 atom stereocenters. The summed E-state index contributed by atoms with van der Waals surface area (Å²) < 4.78 is 71.5. The second kappa shape index (κ2) is 12.5. The Hall–Kier alpha value is -2.39. The molecule has 0 saturated carbocycles. The first-order chi connectivity index (χ1) is 15.9. The van der Waals surface area contributed by atoms with Crippen molar-refractivity contribution in [2.45, 2.75) is 44.9 Å². The number of carboxylic acids is 2. The van der Waals surface area contributed by atoms with Crippen molar-refractivity contribution in [1.29, 1.82) is 0 Å². The zero-order valence-electron chi connectivity index (χ0n) is 19.7. The van der Waals surface area contributed by atoms with Crippen LogP contribution in [-0.2, 0) is 20.9 Å². The van der Waals surface area contributed by atoms with Gasteiger partial charge in [0.2, 0.25) is 0 Å². The van der Waals surface area contributed by atoms with E-state index in [2.05, 4.69) is 49.0 Å². The van der Waals surface area contributed by atoms with E-state index in [1.807, 2.05) is 10.9 Å². The molecule has 0 radical (unpaired) electrons. The van der Waals surface area contributed by atoms with Crippen LogP contribution in [0.5, 0.6) is 0 Å². The summed E-state index contributed by atoms with van der Waals surface area (Å²) in [5.41, 5.74) is 1.31. The summed E-state index contributed by atoms with van der Waals surface area (Å²) in [5, 5.41) is 18.7. The molecule has 9 nitrogen and oxygen atoms in total. The summed E-state index contributed by atoms with van der Waals surface area (Å²) >= 11 is 0. The van der Waals surface area contributed by atoms with Crippen molar-refractivity contribution in [3.8, 4) is 0 Å². The van der Waals surface area contributed by atoms with Crippen LogP contribution in [0.25, 0.3) is 0 Å². The van der Waals surface area contributed by atoms with Gasteiger partial charge in [-0.2, -0.15) is 31.4 Å². The van der Waals surface area contributed by atoms with E-state index in [1.165, 1.54) is 5.56 Å². The molecule has 2 fully saturated rings. The minimum absolute atomic E-state index is 0.435. The molecule has 1 aromatic rings. The number of rotatable bonds is 5. The predicted molar refractivity (Wildman–Crippen MR) is 111 cm³/mol. The summed E-state index contributed by atoms with van der Waals surface area (Å²) in [5.74, 6) is -4.12. The van der Waals surface area contributed by atoms with Gasteiger partial charge in [0.25, 0.3) is 0 Å². The minimum Gasteiger partial charge on any atom is -0.475 e. The van der Waals surface area contributed by atoms with Gasteiger partial charge in [0, 0.05) is 55.8 Å². The highest BCUT2D eigenvalue weighted by molar-refractivity contribution is 5.73. The van der Waals surface area contributed by atoms with Gasteiger partial charge in [0.1, 0.15) is 0 Å². The second-order valence-corrected chi connectivity index (χ2v) is 8.78. The zero-order chi connectivity index (χ0) is 27.1. The van der Waals surface area contributed by atoms with Crippen LogP contribution in [0.2, 0.25) is 0 Å². The van der Waals surface area contributed by atoms with Crippen LogP contribution >= 0.6 is 0 Å². The van der Waals surface area contributed by atoms with E-state index in [1.54, 1.807) is 0 Å². The van der Waals surface area contributed by atoms with Crippen LogP contribution in [0.1, 0.15) is 25.5 Å². The van der Waals surface area contributed by atoms with Crippen molar-refractivity contribution < 1.29 is 50.9 Å². The SMILES string of the molecule is CC(C)n1cc(CN2C[C@@H]3[C@H](CN(C)C)CO[C@@H]3C2)cn1.O=C(O)C(F)(F)F.O=C(O)C(F)(F)F. The smallest absolute Gasteiger partial charge is 0.475 e. The lowest BCUT2D eigenvalue weighted by Crippen LogP contribution is -2.30. The number of ether oxygens (including phenoxy) is 1. The van der Waals surface area contributed by atoms with Crippen molar-refractivity contribution in [1.82, 2.24) is 19.6 Å². The Morgan fingerprint density at radius 1 is 1.11 bits per heavy atom. The van der Waals surface area contributed by atoms with Gasteiger partial charge in [-0.1, -0.05) is 0 Å². The number of likely N-dealkylation sites (tertiary alicyclic amines) is 1. The van der Waals surface area contributed by atoms with Crippen molar-refractivity contribution >= 4 is 11.9 Å². The Morgan fingerprint density at radius 2 is 1.63 bits per heavy atom. The molecule has 2 saturated heterocycles. The molecule has 3 rings (SSSR count). The van der Waals surface area contributed by atoms with Gasteiger partial charge in [-0.3, -0.25) is 9.58 Å². The number of carboxylic acid groups (broad SMARTS) is 2.